The minimum Gasteiger partial charge on any atom is -0.373 e. The van der Waals surface area contributed by atoms with E-state index in [0.29, 0.717) is 5.69 Å². The van der Waals surface area contributed by atoms with E-state index in [4.69, 9.17) is 0 Å². The summed E-state index contributed by atoms with van der Waals surface area (Å²) in [6, 6.07) is 13.0. The van der Waals surface area contributed by atoms with Gasteiger partial charge >= 0.3 is 0 Å². The van der Waals surface area contributed by atoms with Crippen LogP contribution in [0.15, 0.2) is 48.7 Å². The lowest BCUT2D eigenvalue weighted by Gasteiger charge is -2.17. The van der Waals surface area contributed by atoms with Crippen LogP contribution in [-0.2, 0) is 9.59 Å². The number of nitrogens with one attached hydrogen (secondary N) is 2. The number of H-pyrrole nitrogens is 1. The molecule has 1 aromatic heterocycles. The quantitative estimate of drug-likeness (QED) is 0.721. The van der Waals surface area contributed by atoms with E-state index in [0.717, 1.165) is 27.7 Å². The Kier molecular flexibility index (Phi) is 3.57. The van der Waals surface area contributed by atoms with Crippen LogP contribution in [0.2, 0.25) is 0 Å². The summed E-state index contributed by atoms with van der Waals surface area (Å²) >= 11 is 0. The molecule has 0 bridgehead atoms. The Morgan fingerprint density at radius 3 is 2.68 bits per heavy atom. The van der Waals surface area contributed by atoms with Gasteiger partial charge in [-0.3, -0.25) is 9.59 Å². The van der Waals surface area contributed by atoms with Gasteiger partial charge in [-0.15, -0.1) is 0 Å². The van der Waals surface area contributed by atoms with E-state index in [1.54, 1.807) is 0 Å². The number of fused-ring (bicyclic) bond motifs is 1. The van der Waals surface area contributed by atoms with Crippen LogP contribution in [0.5, 0.6) is 0 Å². The van der Waals surface area contributed by atoms with Crippen molar-refractivity contribution in [1.29, 1.82) is 0 Å². The third-order valence-corrected chi connectivity index (χ3v) is 4.79. The number of benzene rings is 2. The minimum atomic E-state index is -0.540. The number of aryl methyl sites for hydroxylation is 2. The molecule has 0 aliphatic carbocycles. The molecular formula is C20H19N3O2. The topological polar surface area (TPSA) is 65.2 Å². The van der Waals surface area contributed by atoms with Crippen molar-refractivity contribution < 1.29 is 9.59 Å². The maximum absolute atomic E-state index is 12.8. The van der Waals surface area contributed by atoms with Crippen molar-refractivity contribution in [2.24, 2.45) is 0 Å². The fourth-order valence-corrected chi connectivity index (χ4v) is 3.22. The zero-order valence-corrected chi connectivity index (χ0v) is 14.2. The summed E-state index contributed by atoms with van der Waals surface area (Å²) in [4.78, 5) is 29.6. The monoisotopic (exact) mass is 333 g/mol. The molecule has 1 fully saturated rings. The van der Waals surface area contributed by atoms with Crippen LogP contribution in [0, 0.1) is 13.8 Å². The van der Waals surface area contributed by atoms with Crippen molar-refractivity contribution in [2.45, 2.75) is 26.3 Å². The van der Waals surface area contributed by atoms with Gasteiger partial charge in [-0.2, -0.15) is 0 Å². The molecule has 5 nitrogen and oxygen atoms in total. The largest absolute Gasteiger partial charge is 0.373 e. The van der Waals surface area contributed by atoms with Gasteiger partial charge in [-0.05, 0) is 60.7 Å². The van der Waals surface area contributed by atoms with Gasteiger partial charge in [0.15, 0.2) is 0 Å². The molecule has 2 heterocycles. The van der Waals surface area contributed by atoms with E-state index in [1.807, 2.05) is 62.5 Å². The number of aromatic nitrogens is 1. The Hall–Kier alpha value is -3.08. The van der Waals surface area contributed by atoms with Crippen LogP contribution in [0.25, 0.3) is 10.9 Å². The SMILES string of the molecule is Cc1ccc(N2C(=O)C[C@H](Nc3ccc4cc[nH]c4c3)C2=O)cc1C. The summed E-state index contributed by atoms with van der Waals surface area (Å²) in [6.07, 6.45) is 2.04. The Bertz CT molecular complexity index is 990. The molecule has 1 saturated heterocycles. The van der Waals surface area contributed by atoms with E-state index >= 15 is 0 Å². The van der Waals surface area contributed by atoms with E-state index in [1.165, 1.54) is 4.90 Å². The van der Waals surface area contributed by atoms with Crippen molar-refractivity contribution in [1.82, 2.24) is 4.98 Å². The zero-order valence-electron chi connectivity index (χ0n) is 14.2. The first-order valence-electron chi connectivity index (χ1n) is 8.30. The highest BCUT2D eigenvalue weighted by molar-refractivity contribution is 6.23. The highest BCUT2D eigenvalue weighted by Gasteiger charge is 2.39. The molecular weight excluding hydrogens is 314 g/mol. The van der Waals surface area contributed by atoms with E-state index < -0.39 is 6.04 Å². The summed E-state index contributed by atoms with van der Waals surface area (Å²) in [6.45, 7) is 3.99. The number of rotatable bonds is 3. The lowest BCUT2D eigenvalue weighted by molar-refractivity contribution is -0.121. The average molecular weight is 333 g/mol. The molecule has 2 N–H and O–H groups in total. The molecule has 5 heteroatoms. The standard InChI is InChI=1S/C20H19N3O2/c1-12-3-6-16(9-13(12)2)23-19(24)11-18(20(23)25)22-15-5-4-14-7-8-21-17(14)10-15/h3-10,18,21-22H,11H2,1-2H3/t18-/m0/s1. The lowest BCUT2D eigenvalue weighted by Crippen LogP contribution is -2.34. The molecule has 0 radical (unpaired) electrons. The number of carbonyl (C=O) groups excluding carboxylic acids is 2. The Morgan fingerprint density at radius 1 is 1.04 bits per heavy atom. The number of hydrogen-bond acceptors (Lipinski definition) is 3. The van der Waals surface area contributed by atoms with Crippen LogP contribution in [0.1, 0.15) is 17.5 Å². The Morgan fingerprint density at radius 2 is 1.88 bits per heavy atom. The van der Waals surface area contributed by atoms with E-state index in [-0.39, 0.29) is 18.2 Å². The average Bonchev–Trinajstić information content (AvgIpc) is 3.15. The number of aromatic amines is 1. The highest BCUT2D eigenvalue weighted by Crippen LogP contribution is 2.27. The molecule has 0 saturated carbocycles. The van der Waals surface area contributed by atoms with Crippen molar-refractivity contribution >= 4 is 34.1 Å². The summed E-state index contributed by atoms with van der Waals surface area (Å²) < 4.78 is 0. The van der Waals surface area contributed by atoms with Gasteiger partial charge in [-0.25, -0.2) is 4.90 Å². The molecule has 25 heavy (non-hydrogen) atoms. The smallest absolute Gasteiger partial charge is 0.256 e. The number of carbonyl (C=O) groups is 2. The summed E-state index contributed by atoms with van der Waals surface area (Å²) in [5, 5.41) is 4.30. The van der Waals surface area contributed by atoms with Gasteiger partial charge in [0.1, 0.15) is 6.04 Å². The van der Waals surface area contributed by atoms with Gasteiger partial charge in [0.05, 0.1) is 12.1 Å². The lowest BCUT2D eigenvalue weighted by atomic mass is 10.1. The molecule has 1 aliphatic heterocycles. The number of nitrogens with zero attached hydrogens (tertiary/aromatic N) is 1. The van der Waals surface area contributed by atoms with Crippen molar-refractivity contribution in [3.63, 3.8) is 0 Å². The fraction of sp³-hybridized carbons (Fsp3) is 0.200. The Labute approximate surface area is 145 Å². The predicted octanol–water partition coefficient (Wildman–Crippen LogP) is 3.53. The third kappa shape index (κ3) is 2.67. The summed E-state index contributed by atoms with van der Waals surface area (Å²) in [7, 11) is 0. The van der Waals surface area contributed by atoms with Crippen LogP contribution in [-0.4, -0.2) is 22.8 Å². The minimum absolute atomic E-state index is 0.161. The first-order valence-corrected chi connectivity index (χ1v) is 8.30. The molecule has 126 valence electrons. The van der Waals surface area contributed by atoms with Crippen LogP contribution < -0.4 is 10.2 Å². The van der Waals surface area contributed by atoms with E-state index in [9.17, 15) is 9.59 Å². The van der Waals surface area contributed by atoms with Gasteiger partial charge in [0.2, 0.25) is 5.91 Å². The van der Waals surface area contributed by atoms with Gasteiger partial charge in [-0.1, -0.05) is 12.1 Å². The molecule has 4 rings (SSSR count). The second-order valence-electron chi connectivity index (χ2n) is 6.52. The normalized spacial score (nSPS) is 17.5. The molecule has 1 atom stereocenters. The van der Waals surface area contributed by atoms with Gasteiger partial charge in [0.25, 0.3) is 5.91 Å². The maximum Gasteiger partial charge on any atom is 0.256 e. The number of anilines is 2. The summed E-state index contributed by atoms with van der Waals surface area (Å²) in [5.74, 6) is -0.383. The summed E-state index contributed by atoms with van der Waals surface area (Å²) in [5.41, 5.74) is 4.65. The molecule has 2 aromatic carbocycles. The van der Waals surface area contributed by atoms with Crippen molar-refractivity contribution in [3.05, 3.63) is 59.8 Å². The predicted molar refractivity (Wildman–Crippen MR) is 98.7 cm³/mol. The number of imide groups is 1. The first-order chi connectivity index (χ1) is 12.0. The third-order valence-electron chi connectivity index (χ3n) is 4.79. The number of amides is 2. The molecule has 0 unspecified atom stereocenters. The molecule has 1 aliphatic rings. The highest BCUT2D eigenvalue weighted by atomic mass is 16.2. The second kappa shape index (κ2) is 5.77. The molecule has 2 amide bonds. The Balaban J connectivity index is 1.58. The molecule has 3 aromatic rings. The number of hydrogen-bond donors (Lipinski definition) is 2. The fourth-order valence-electron chi connectivity index (χ4n) is 3.22. The van der Waals surface area contributed by atoms with Crippen LogP contribution in [0.3, 0.4) is 0 Å². The van der Waals surface area contributed by atoms with E-state index in [2.05, 4.69) is 10.3 Å². The van der Waals surface area contributed by atoms with Crippen molar-refractivity contribution in [3.8, 4) is 0 Å². The molecule has 0 spiro atoms. The zero-order chi connectivity index (χ0) is 17.6. The van der Waals surface area contributed by atoms with Gasteiger partial charge in [0, 0.05) is 17.4 Å². The maximum atomic E-state index is 12.8. The first kappa shape index (κ1) is 15.4. The van der Waals surface area contributed by atoms with Crippen LogP contribution >= 0.6 is 0 Å². The van der Waals surface area contributed by atoms with Crippen LogP contribution in [0.4, 0.5) is 11.4 Å². The van der Waals surface area contributed by atoms with Crippen molar-refractivity contribution in [2.75, 3.05) is 10.2 Å². The second-order valence-corrected chi connectivity index (χ2v) is 6.52. The van der Waals surface area contributed by atoms with Gasteiger partial charge < -0.3 is 10.3 Å².